The molecular weight excluding hydrogens is 389 g/mol. The van der Waals surface area contributed by atoms with Gasteiger partial charge in [0.2, 0.25) is 0 Å². The van der Waals surface area contributed by atoms with Crippen LogP contribution in [0.15, 0.2) is 18.2 Å². The minimum absolute atomic E-state index is 0.0492. The third-order valence-electron chi connectivity index (χ3n) is 2.31. The molecule has 1 rings (SSSR count). The lowest BCUT2D eigenvalue weighted by Crippen LogP contribution is -2.30. The maximum atomic E-state index is 11.8. The van der Waals surface area contributed by atoms with Crippen molar-refractivity contribution in [3.05, 3.63) is 32.4 Å². The van der Waals surface area contributed by atoms with Crippen molar-refractivity contribution in [1.82, 2.24) is 5.32 Å². The largest absolute Gasteiger partial charge is 0.351 e. The first-order chi connectivity index (χ1) is 8.35. The summed E-state index contributed by atoms with van der Waals surface area (Å²) in [5.74, 6) is -0.280. The van der Waals surface area contributed by atoms with Crippen LogP contribution in [0.3, 0.4) is 0 Å². The first-order valence-electron chi connectivity index (χ1n) is 5.29. The second kappa shape index (κ2) is 6.72. The fraction of sp³-hybridized carbons (Fsp3) is 0.364. The number of hydrogen-bond acceptors (Lipinski definition) is 3. The quantitative estimate of drug-likeness (QED) is 0.769. The lowest BCUT2D eigenvalue weighted by atomic mass is 10.2. The highest BCUT2D eigenvalue weighted by Crippen LogP contribution is 2.17. The number of rotatable bonds is 5. The van der Waals surface area contributed by atoms with Crippen molar-refractivity contribution in [2.24, 2.45) is 0 Å². The van der Waals surface area contributed by atoms with E-state index in [2.05, 4.69) is 5.32 Å². The topological polar surface area (TPSA) is 63.2 Å². The van der Waals surface area contributed by atoms with Crippen LogP contribution in [-0.4, -0.2) is 32.4 Å². The molecule has 18 heavy (non-hydrogen) atoms. The van der Waals surface area contributed by atoms with Crippen LogP contribution in [0.2, 0.25) is 5.02 Å². The zero-order chi connectivity index (χ0) is 13.8. The number of hydrogen-bond donors (Lipinski definition) is 1. The van der Waals surface area contributed by atoms with E-state index in [1.807, 2.05) is 22.6 Å². The summed E-state index contributed by atoms with van der Waals surface area (Å²) in [7, 11) is -3.06. The molecule has 0 saturated heterocycles. The molecule has 0 atom stereocenters. The van der Waals surface area contributed by atoms with Crippen LogP contribution in [0.5, 0.6) is 0 Å². The Bertz CT molecular complexity index is 545. The summed E-state index contributed by atoms with van der Waals surface area (Å²) in [6.07, 6.45) is 0. The number of benzene rings is 1. The zero-order valence-electron chi connectivity index (χ0n) is 9.74. The lowest BCUT2D eigenvalue weighted by molar-refractivity contribution is 0.0955. The van der Waals surface area contributed by atoms with Gasteiger partial charge in [-0.15, -0.1) is 0 Å². The van der Waals surface area contributed by atoms with E-state index in [0.717, 1.165) is 3.57 Å². The average molecular weight is 402 g/mol. The van der Waals surface area contributed by atoms with Gasteiger partial charge >= 0.3 is 0 Å². The molecule has 7 heteroatoms. The van der Waals surface area contributed by atoms with E-state index in [4.69, 9.17) is 11.6 Å². The zero-order valence-corrected chi connectivity index (χ0v) is 13.5. The minimum Gasteiger partial charge on any atom is -0.351 e. The van der Waals surface area contributed by atoms with Crippen LogP contribution >= 0.6 is 34.2 Å². The van der Waals surface area contributed by atoms with Gasteiger partial charge < -0.3 is 5.32 Å². The normalized spacial score (nSPS) is 11.3. The summed E-state index contributed by atoms with van der Waals surface area (Å²) in [6.45, 7) is 1.69. The summed E-state index contributed by atoms with van der Waals surface area (Å²) < 4.78 is 23.3. The number of nitrogens with one attached hydrogen (secondary N) is 1. The first kappa shape index (κ1) is 15.7. The fourth-order valence-corrected chi connectivity index (χ4v) is 2.69. The van der Waals surface area contributed by atoms with Crippen LogP contribution in [0.1, 0.15) is 17.3 Å². The Labute approximate surface area is 125 Å². The molecule has 0 aliphatic rings. The Morgan fingerprint density at radius 3 is 2.72 bits per heavy atom. The Morgan fingerprint density at radius 2 is 2.11 bits per heavy atom. The average Bonchev–Trinajstić information content (AvgIpc) is 2.32. The van der Waals surface area contributed by atoms with Gasteiger partial charge in [0, 0.05) is 20.9 Å². The third kappa shape index (κ3) is 4.74. The van der Waals surface area contributed by atoms with Crippen molar-refractivity contribution >= 4 is 49.9 Å². The van der Waals surface area contributed by atoms with Crippen molar-refractivity contribution in [2.45, 2.75) is 6.92 Å². The number of amides is 1. The van der Waals surface area contributed by atoms with Gasteiger partial charge in [-0.25, -0.2) is 8.42 Å². The summed E-state index contributed by atoms with van der Waals surface area (Å²) >= 11 is 7.84. The van der Waals surface area contributed by atoms with E-state index in [9.17, 15) is 13.2 Å². The first-order valence-corrected chi connectivity index (χ1v) is 8.57. The molecule has 0 aromatic heterocycles. The van der Waals surface area contributed by atoms with Gasteiger partial charge in [-0.1, -0.05) is 18.5 Å². The fourth-order valence-electron chi connectivity index (χ4n) is 1.23. The van der Waals surface area contributed by atoms with Gasteiger partial charge in [-0.3, -0.25) is 4.79 Å². The highest BCUT2D eigenvalue weighted by molar-refractivity contribution is 14.1. The van der Waals surface area contributed by atoms with Crippen molar-refractivity contribution < 1.29 is 13.2 Å². The molecular formula is C11H13ClINO3S. The maximum Gasteiger partial charge on any atom is 0.252 e. The van der Waals surface area contributed by atoms with Crippen LogP contribution in [0.25, 0.3) is 0 Å². The summed E-state index contributed by atoms with van der Waals surface area (Å²) in [5, 5.41) is 3.05. The van der Waals surface area contributed by atoms with E-state index in [1.165, 1.54) is 0 Å². The molecule has 0 spiro atoms. The van der Waals surface area contributed by atoms with Crippen molar-refractivity contribution in [2.75, 3.05) is 18.1 Å². The van der Waals surface area contributed by atoms with E-state index in [1.54, 1.807) is 25.1 Å². The van der Waals surface area contributed by atoms with Gasteiger partial charge in [-0.2, -0.15) is 0 Å². The predicted molar refractivity (Wildman–Crippen MR) is 80.8 cm³/mol. The molecule has 1 N–H and O–H groups in total. The van der Waals surface area contributed by atoms with Crippen LogP contribution in [-0.2, 0) is 9.84 Å². The second-order valence-corrected chi connectivity index (χ2v) is 7.69. The summed E-state index contributed by atoms with van der Waals surface area (Å²) in [4.78, 5) is 11.8. The molecule has 0 heterocycles. The van der Waals surface area contributed by atoms with Gasteiger partial charge in [0.25, 0.3) is 5.91 Å². The van der Waals surface area contributed by atoms with Gasteiger partial charge in [0.1, 0.15) is 0 Å². The highest BCUT2D eigenvalue weighted by atomic mass is 127. The molecule has 0 unspecified atom stereocenters. The van der Waals surface area contributed by atoms with Crippen molar-refractivity contribution in [3.63, 3.8) is 0 Å². The Morgan fingerprint density at radius 1 is 1.44 bits per heavy atom. The molecule has 100 valence electrons. The molecule has 0 bridgehead atoms. The van der Waals surface area contributed by atoms with Gasteiger partial charge in [-0.05, 0) is 40.8 Å². The molecule has 1 amide bonds. The summed E-state index contributed by atoms with van der Waals surface area (Å²) in [6, 6.07) is 5.00. The lowest BCUT2D eigenvalue weighted by Gasteiger charge is -2.07. The van der Waals surface area contributed by atoms with E-state index in [-0.39, 0.29) is 24.0 Å². The number of carbonyl (C=O) groups excluding carboxylic acids is 1. The maximum absolute atomic E-state index is 11.8. The molecule has 0 aliphatic carbocycles. The van der Waals surface area contributed by atoms with Crippen LogP contribution in [0, 0.1) is 3.57 Å². The van der Waals surface area contributed by atoms with E-state index < -0.39 is 9.84 Å². The van der Waals surface area contributed by atoms with Crippen molar-refractivity contribution in [1.29, 1.82) is 0 Å². The molecule has 1 aromatic rings. The Hall–Kier alpha value is -0.340. The van der Waals surface area contributed by atoms with Gasteiger partial charge in [0.15, 0.2) is 9.84 Å². The SMILES string of the molecule is CCS(=O)(=O)CCNC(=O)c1cc(Cl)ccc1I. The predicted octanol–water partition coefficient (Wildman–Crippen LogP) is 2.11. The third-order valence-corrected chi connectivity index (χ3v) is 5.19. The van der Waals surface area contributed by atoms with Crippen LogP contribution in [0.4, 0.5) is 0 Å². The Balaban J connectivity index is 2.64. The number of halogens is 2. The number of sulfone groups is 1. The Kier molecular flexibility index (Phi) is 5.87. The standard InChI is InChI=1S/C11H13ClINO3S/c1-2-18(16,17)6-5-14-11(15)9-7-8(12)3-4-10(9)13/h3-4,7H,2,5-6H2,1H3,(H,14,15). The molecule has 4 nitrogen and oxygen atoms in total. The second-order valence-electron chi connectivity index (χ2n) is 3.62. The van der Waals surface area contributed by atoms with Crippen molar-refractivity contribution in [3.8, 4) is 0 Å². The molecule has 1 aromatic carbocycles. The highest BCUT2D eigenvalue weighted by Gasteiger charge is 2.12. The van der Waals surface area contributed by atoms with E-state index >= 15 is 0 Å². The monoisotopic (exact) mass is 401 g/mol. The molecule has 0 fully saturated rings. The van der Waals surface area contributed by atoms with Crippen LogP contribution < -0.4 is 5.32 Å². The van der Waals surface area contributed by atoms with E-state index in [0.29, 0.717) is 10.6 Å². The summed E-state index contributed by atoms with van der Waals surface area (Å²) in [5.41, 5.74) is 0.456. The molecule has 0 radical (unpaired) electrons. The molecule has 0 aliphatic heterocycles. The number of carbonyl (C=O) groups is 1. The molecule has 0 saturated carbocycles. The minimum atomic E-state index is -3.06. The smallest absolute Gasteiger partial charge is 0.252 e. The van der Waals surface area contributed by atoms with Gasteiger partial charge in [0.05, 0.1) is 11.3 Å².